The third-order valence-electron chi connectivity index (χ3n) is 1.61. The summed E-state index contributed by atoms with van der Waals surface area (Å²) in [5.74, 6) is -0.766. The maximum Gasteiger partial charge on any atom is 0.330 e. The molecule has 1 amide bonds. The molecule has 0 unspecified atom stereocenters. The molecule has 0 saturated carbocycles. The molecule has 0 spiro atoms. The quantitative estimate of drug-likeness (QED) is 0.442. The molecule has 0 aliphatic heterocycles. The Labute approximate surface area is 97.1 Å². The number of carbonyl (C=O) groups excluding carboxylic acids is 2. The second-order valence-electron chi connectivity index (χ2n) is 4.59. The van der Waals surface area contributed by atoms with Gasteiger partial charge in [-0.05, 0) is 27.2 Å². The van der Waals surface area contributed by atoms with E-state index in [9.17, 15) is 9.59 Å². The number of rotatable bonds is 5. The minimum atomic E-state index is -0.475. The van der Waals surface area contributed by atoms with Gasteiger partial charge in [-0.3, -0.25) is 4.79 Å². The summed E-state index contributed by atoms with van der Waals surface area (Å²) in [6.07, 6.45) is 4.16. The number of amides is 1. The van der Waals surface area contributed by atoms with Crippen LogP contribution in [-0.4, -0.2) is 24.0 Å². The Morgan fingerprint density at radius 3 is 2.38 bits per heavy atom. The van der Waals surface area contributed by atoms with E-state index in [1.54, 1.807) is 0 Å². The summed E-state index contributed by atoms with van der Waals surface area (Å²) in [6.45, 7) is 8.04. The second-order valence-corrected chi connectivity index (χ2v) is 4.59. The maximum atomic E-state index is 11.3. The van der Waals surface area contributed by atoms with Gasteiger partial charge < -0.3 is 10.1 Å². The third kappa shape index (κ3) is 9.24. The molecule has 0 fully saturated rings. The van der Waals surface area contributed by atoms with Gasteiger partial charge in [0.2, 0.25) is 5.91 Å². The van der Waals surface area contributed by atoms with Gasteiger partial charge in [-0.2, -0.15) is 0 Å². The van der Waals surface area contributed by atoms with Crippen LogP contribution >= 0.6 is 0 Å². The molecule has 0 aromatic heterocycles. The largest absolute Gasteiger partial charge is 0.463 e. The Kier molecular flexibility index (Phi) is 6.46. The predicted molar refractivity (Wildman–Crippen MR) is 62.9 cm³/mol. The van der Waals surface area contributed by atoms with Gasteiger partial charge in [0.05, 0.1) is 6.61 Å². The molecule has 92 valence electrons. The third-order valence-corrected chi connectivity index (χ3v) is 1.61. The normalized spacial score (nSPS) is 11.5. The highest BCUT2D eigenvalue weighted by atomic mass is 16.5. The van der Waals surface area contributed by atoms with E-state index in [4.69, 9.17) is 4.74 Å². The van der Waals surface area contributed by atoms with Gasteiger partial charge in [-0.25, -0.2) is 4.79 Å². The maximum absolute atomic E-state index is 11.3. The fourth-order valence-corrected chi connectivity index (χ4v) is 0.920. The van der Waals surface area contributed by atoms with E-state index >= 15 is 0 Å². The number of unbranched alkanes of at least 4 members (excludes halogenated alkanes) is 1. The Morgan fingerprint density at radius 1 is 1.25 bits per heavy atom. The van der Waals surface area contributed by atoms with Crippen molar-refractivity contribution in [2.24, 2.45) is 0 Å². The summed E-state index contributed by atoms with van der Waals surface area (Å²) in [7, 11) is 0. The van der Waals surface area contributed by atoms with Crippen molar-refractivity contribution in [3.63, 3.8) is 0 Å². The highest BCUT2D eigenvalue weighted by Gasteiger charge is 2.11. The van der Waals surface area contributed by atoms with Gasteiger partial charge in [-0.1, -0.05) is 13.3 Å². The van der Waals surface area contributed by atoms with E-state index in [1.165, 1.54) is 6.08 Å². The van der Waals surface area contributed by atoms with Crippen LogP contribution in [0.5, 0.6) is 0 Å². The summed E-state index contributed by atoms with van der Waals surface area (Å²) in [5, 5.41) is 2.71. The Hall–Kier alpha value is -1.32. The van der Waals surface area contributed by atoms with E-state index in [0.29, 0.717) is 6.61 Å². The first-order valence-corrected chi connectivity index (χ1v) is 5.52. The topological polar surface area (TPSA) is 55.4 Å². The van der Waals surface area contributed by atoms with Crippen LogP contribution in [0.15, 0.2) is 12.2 Å². The smallest absolute Gasteiger partial charge is 0.330 e. The summed E-state index contributed by atoms with van der Waals surface area (Å²) in [6, 6.07) is 0. The van der Waals surface area contributed by atoms with Crippen LogP contribution in [-0.2, 0) is 14.3 Å². The van der Waals surface area contributed by atoms with E-state index in [0.717, 1.165) is 18.9 Å². The first-order chi connectivity index (χ1) is 7.35. The average Bonchev–Trinajstić information content (AvgIpc) is 2.12. The van der Waals surface area contributed by atoms with E-state index in [1.807, 2.05) is 27.7 Å². The van der Waals surface area contributed by atoms with Crippen LogP contribution in [0.2, 0.25) is 0 Å². The zero-order valence-electron chi connectivity index (χ0n) is 10.5. The molecule has 4 heteroatoms. The number of esters is 1. The number of hydrogen-bond donors (Lipinski definition) is 1. The van der Waals surface area contributed by atoms with Crippen LogP contribution in [0.25, 0.3) is 0 Å². The molecule has 0 radical (unpaired) electrons. The Bertz CT molecular complexity index is 264. The lowest BCUT2D eigenvalue weighted by atomic mass is 10.1. The van der Waals surface area contributed by atoms with Gasteiger partial charge in [0.15, 0.2) is 0 Å². The first-order valence-electron chi connectivity index (χ1n) is 5.52. The SMILES string of the molecule is CCCCOC(=O)C=CC(=O)NC(C)(C)C. The molecular formula is C12H21NO3. The highest BCUT2D eigenvalue weighted by Crippen LogP contribution is 1.98. The summed E-state index contributed by atoms with van der Waals surface area (Å²) < 4.78 is 4.86. The summed E-state index contributed by atoms with van der Waals surface area (Å²) >= 11 is 0. The standard InChI is InChI=1S/C12H21NO3/c1-5-6-9-16-11(15)8-7-10(14)13-12(2,3)4/h7-8H,5-6,9H2,1-4H3,(H,13,14). The van der Waals surface area contributed by atoms with Crippen LogP contribution in [0.4, 0.5) is 0 Å². The molecule has 0 heterocycles. The minimum absolute atomic E-state index is 0.292. The molecular weight excluding hydrogens is 206 g/mol. The minimum Gasteiger partial charge on any atom is -0.463 e. The van der Waals surface area contributed by atoms with Crippen molar-refractivity contribution < 1.29 is 14.3 Å². The van der Waals surface area contributed by atoms with Gasteiger partial charge in [-0.15, -0.1) is 0 Å². The molecule has 0 bridgehead atoms. The van der Waals surface area contributed by atoms with Crippen molar-refractivity contribution in [1.29, 1.82) is 0 Å². The zero-order valence-corrected chi connectivity index (χ0v) is 10.5. The fourth-order valence-electron chi connectivity index (χ4n) is 0.920. The van der Waals surface area contributed by atoms with Crippen molar-refractivity contribution >= 4 is 11.9 Å². The van der Waals surface area contributed by atoms with Crippen LogP contribution in [0.1, 0.15) is 40.5 Å². The van der Waals surface area contributed by atoms with Gasteiger partial charge in [0.1, 0.15) is 0 Å². The number of hydrogen-bond acceptors (Lipinski definition) is 3. The van der Waals surface area contributed by atoms with Gasteiger partial charge >= 0.3 is 5.97 Å². The van der Waals surface area contributed by atoms with E-state index in [2.05, 4.69) is 5.32 Å². The van der Waals surface area contributed by atoms with Crippen LogP contribution in [0, 0.1) is 0 Å². The summed E-state index contributed by atoms with van der Waals surface area (Å²) in [4.78, 5) is 22.4. The van der Waals surface area contributed by atoms with Crippen molar-refractivity contribution in [1.82, 2.24) is 5.32 Å². The average molecular weight is 227 g/mol. The number of ether oxygens (including phenoxy) is 1. The first kappa shape index (κ1) is 14.7. The Balaban J connectivity index is 3.89. The van der Waals surface area contributed by atoms with Crippen LogP contribution < -0.4 is 5.32 Å². The highest BCUT2D eigenvalue weighted by molar-refractivity contribution is 5.94. The number of carbonyl (C=O) groups is 2. The van der Waals surface area contributed by atoms with Crippen LogP contribution in [0.3, 0.4) is 0 Å². The zero-order chi connectivity index (χ0) is 12.6. The fraction of sp³-hybridized carbons (Fsp3) is 0.667. The van der Waals surface area contributed by atoms with Crippen molar-refractivity contribution in [2.45, 2.75) is 46.1 Å². The molecule has 0 aliphatic rings. The van der Waals surface area contributed by atoms with Gasteiger partial charge in [0.25, 0.3) is 0 Å². The van der Waals surface area contributed by atoms with Crippen molar-refractivity contribution in [3.8, 4) is 0 Å². The lowest BCUT2D eigenvalue weighted by molar-refractivity contribution is -0.138. The Morgan fingerprint density at radius 2 is 1.88 bits per heavy atom. The molecule has 0 saturated heterocycles. The second kappa shape index (κ2) is 7.04. The predicted octanol–water partition coefficient (Wildman–Crippen LogP) is 1.80. The number of nitrogens with one attached hydrogen (secondary N) is 1. The van der Waals surface area contributed by atoms with Crippen molar-refractivity contribution in [2.75, 3.05) is 6.61 Å². The molecule has 0 rings (SSSR count). The molecule has 0 aliphatic carbocycles. The lowest BCUT2D eigenvalue weighted by Crippen LogP contribution is -2.39. The van der Waals surface area contributed by atoms with E-state index < -0.39 is 5.97 Å². The van der Waals surface area contributed by atoms with Crippen molar-refractivity contribution in [3.05, 3.63) is 12.2 Å². The van der Waals surface area contributed by atoms with Gasteiger partial charge in [0, 0.05) is 17.7 Å². The molecule has 0 aromatic rings. The monoisotopic (exact) mass is 227 g/mol. The lowest BCUT2D eigenvalue weighted by Gasteiger charge is -2.18. The summed E-state index contributed by atoms with van der Waals surface area (Å²) in [5.41, 5.74) is -0.298. The molecule has 16 heavy (non-hydrogen) atoms. The molecule has 0 atom stereocenters. The molecule has 0 aromatic carbocycles. The van der Waals surface area contributed by atoms with E-state index in [-0.39, 0.29) is 11.4 Å². The molecule has 4 nitrogen and oxygen atoms in total. The molecule has 1 N–H and O–H groups in total.